The first-order valence-corrected chi connectivity index (χ1v) is 9.18. The second kappa shape index (κ2) is 7.71. The highest BCUT2D eigenvalue weighted by molar-refractivity contribution is 6.32. The molecule has 0 radical (unpaired) electrons. The van der Waals surface area contributed by atoms with Crippen molar-refractivity contribution in [2.75, 3.05) is 5.32 Å². The minimum atomic E-state index is -0.265. The smallest absolute Gasteiger partial charge is 0.248 e. The Morgan fingerprint density at radius 3 is 2.71 bits per heavy atom. The number of aryl methyl sites for hydroxylation is 1. The summed E-state index contributed by atoms with van der Waals surface area (Å²) in [6.45, 7) is 2.01. The molecule has 0 aliphatic carbocycles. The number of hydrogen-bond donors (Lipinski definition) is 1. The van der Waals surface area contributed by atoms with E-state index in [9.17, 15) is 4.79 Å². The Kier molecular flexibility index (Phi) is 4.96. The molecule has 1 aromatic heterocycles. The number of benzene rings is 3. The maximum Gasteiger partial charge on any atom is 0.248 e. The SMILES string of the molecule is Cc1ccc2oc(-c3ccccc3NC(=O)C=Cc3ccccc3Cl)nc2c1. The van der Waals surface area contributed by atoms with Crippen LogP contribution in [0.1, 0.15) is 11.1 Å². The van der Waals surface area contributed by atoms with Crippen molar-refractivity contribution < 1.29 is 9.21 Å². The van der Waals surface area contributed by atoms with Crippen LogP contribution in [0.2, 0.25) is 5.02 Å². The van der Waals surface area contributed by atoms with Gasteiger partial charge in [-0.05, 0) is 54.5 Å². The van der Waals surface area contributed by atoms with E-state index in [2.05, 4.69) is 10.3 Å². The lowest BCUT2D eigenvalue weighted by atomic mass is 10.1. The minimum Gasteiger partial charge on any atom is -0.436 e. The molecule has 4 nitrogen and oxygen atoms in total. The average Bonchev–Trinajstić information content (AvgIpc) is 3.10. The van der Waals surface area contributed by atoms with Crippen LogP contribution in [-0.2, 0) is 4.79 Å². The Hall–Kier alpha value is -3.37. The summed E-state index contributed by atoms with van der Waals surface area (Å²) in [6.07, 6.45) is 3.13. The first-order chi connectivity index (χ1) is 13.6. The molecule has 0 aliphatic rings. The van der Waals surface area contributed by atoms with E-state index in [0.717, 1.165) is 22.2 Å². The van der Waals surface area contributed by atoms with E-state index < -0.39 is 0 Å². The van der Waals surface area contributed by atoms with Crippen molar-refractivity contribution >= 4 is 40.4 Å². The Morgan fingerprint density at radius 1 is 1.07 bits per heavy atom. The number of para-hydroxylation sites is 1. The number of oxazole rings is 1. The highest BCUT2D eigenvalue weighted by Gasteiger charge is 2.13. The molecule has 0 unspecified atom stereocenters. The van der Waals surface area contributed by atoms with E-state index in [0.29, 0.717) is 22.2 Å². The van der Waals surface area contributed by atoms with Gasteiger partial charge in [0, 0.05) is 11.1 Å². The van der Waals surface area contributed by atoms with Crippen molar-refractivity contribution in [3.63, 3.8) is 0 Å². The van der Waals surface area contributed by atoms with Gasteiger partial charge in [0.2, 0.25) is 11.8 Å². The second-order valence-electron chi connectivity index (χ2n) is 6.38. The predicted molar refractivity (Wildman–Crippen MR) is 113 cm³/mol. The van der Waals surface area contributed by atoms with Crippen LogP contribution in [0.15, 0.2) is 77.2 Å². The molecule has 0 saturated carbocycles. The number of carbonyl (C=O) groups is 1. The largest absolute Gasteiger partial charge is 0.436 e. The molecule has 0 aliphatic heterocycles. The summed E-state index contributed by atoms with van der Waals surface area (Å²) in [4.78, 5) is 17.0. The fourth-order valence-electron chi connectivity index (χ4n) is 2.88. The third-order valence-corrected chi connectivity index (χ3v) is 4.62. The normalized spacial score (nSPS) is 11.2. The van der Waals surface area contributed by atoms with Gasteiger partial charge in [-0.2, -0.15) is 0 Å². The van der Waals surface area contributed by atoms with E-state index in [4.69, 9.17) is 16.0 Å². The molecule has 0 bridgehead atoms. The van der Waals surface area contributed by atoms with E-state index in [-0.39, 0.29) is 5.91 Å². The van der Waals surface area contributed by atoms with Crippen molar-refractivity contribution in [1.29, 1.82) is 0 Å². The van der Waals surface area contributed by atoms with Crippen molar-refractivity contribution in [1.82, 2.24) is 4.98 Å². The maximum atomic E-state index is 12.4. The number of anilines is 1. The van der Waals surface area contributed by atoms with Gasteiger partial charge in [-0.3, -0.25) is 4.79 Å². The summed E-state index contributed by atoms with van der Waals surface area (Å²) in [5.74, 6) is 0.200. The summed E-state index contributed by atoms with van der Waals surface area (Å²) >= 11 is 6.12. The summed E-state index contributed by atoms with van der Waals surface area (Å²) in [7, 11) is 0. The molecule has 5 heteroatoms. The first-order valence-electron chi connectivity index (χ1n) is 8.80. The maximum absolute atomic E-state index is 12.4. The lowest BCUT2D eigenvalue weighted by Crippen LogP contribution is -2.08. The summed E-state index contributed by atoms with van der Waals surface area (Å²) in [5.41, 5.74) is 4.73. The Bertz CT molecular complexity index is 1190. The fourth-order valence-corrected chi connectivity index (χ4v) is 3.08. The average molecular weight is 389 g/mol. The monoisotopic (exact) mass is 388 g/mol. The zero-order valence-electron chi connectivity index (χ0n) is 15.1. The second-order valence-corrected chi connectivity index (χ2v) is 6.79. The van der Waals surface area contributed by atoms with Crippen molar-refractivity contribution in [2.45, 2.75) is 6.92 Å². The predicted octanol–water partition coefficient (Wildman–Crippen LogP) is 6.11. The molecule has 28 heavy (non-hydrogen) atoms. The molecule has 138 valence electrons. The van der Waals surface area contributed by atoms with E-state index in [1.165, 1.54) is 6.08 Å². The molecule has 0 atom stereocenters. The number of nitrogens with zero attached hydrogens (tertiary/aromatic N) is 1. The molecule has 4 rings (SSSR count). The Morgan fingerprint density at radius 2 is 1.86 bits per heavy atom. The van der Waals surface area contributed by atoms with Gasteiger partial charge in [0.15, 0.2) is 5.58 Å². The highest BCUT2D eigenvalue weighted by Crippen LogP contribution is 2.30. The fraction of sp³-hybridized carbons (Fsp3) is 0.0435. The number of carbonyl (C=O) groups excluding carboxylic acids is 1. The third-order valence-electron chi connectivity index (χ3n) is 4.28. The number of aromatic nitrogens is 1. The first kappa shape index (κ1) is 18.0. The van der Waals surface area contributed by atoms with Gasteiger partial charge in [-0.15, -0.1) is 0 Å². The number of rotatable bonds is 4. The lowest BCUT2D eigenvalue weighted by molar-refractivity contribution is -0.111. The number of fused-ring (bicyclic) bond motifs is 1. The summed E-state index contributed by atoms with van der Waals surface area (Å²) < 4.78 is 5.88. The van der Waals surface area contributed by atoms with Gasteiger partial charge < -0.3 is 9.73 Å². The Balaban J connectivity index is 1.60. The zero-order chi connectivity index (χ0) is 19.5. The molecule has 1 amide bonds. The van der Waals surface area contributed by atoms with Gasteiger partial charge >= 0.3 is 0 Å². The van der Waals surface area contributed by atoms with Crippen LogP contribution in [0, 0.1) is 6.92 Å². The summed E-state index contributed by atoms with van der Waals surface area (Å²) in [6, 6.07) is 20.6. The molecule has 1 N–H and O–H groups in total. The van der Waals surface area contributed by atoms with Crippen LogP contribution < -0.4 is 5.32 Å². The van der Waals surface area contributed by atoms with Gasteiger partial charge in [0.05, 0.1) is 11.3 Å². The van der Waals surface area contributed by atoms with E-state index in [1.54, 1.807) is 12.1 Å². The van der Waals surface area contributed by atoms with Gasteiger partial charge in [0.1, 0.15) is 5.52 Å². The Labute approximate surface area is 167 Å². The van der Waals surface area contributed by atoms with Crippen LogP contribution >= 0.6 is 11.6 Å². The zero-order valence-corrected chi connectivity index (χ0v) is 15.9. The topological polar surface area (TPSA) is 55.1 Å². The molecular formula is C23H17ClN2O2. The highest BCUT2D eigenvalue weighted by atomic mass is 35.5. The van der Waals surface area contributed by atoms with Crippen molar-refractivity contribution in [3.05, 3.63) is 89.0 Å². The standard InChI is InChI=1S/C23H17ClN2O2/c1-15-10-12-21-20(14-15)26-23(28-21)17-7-3-5-9-19(17)25-22(27)13-11-16-6-2-4-8-18(16)24/h2-14H,1H3,(H,25,27). The molecular weight excluding hydrogens is 372 g/mol. The third kappa shape index (κ3) is 3.82. The van der Waals surface area contributed by atoms with Crippen molar-refractivity contribution in [3.8, 4) is 11.5 Å². The number of hydrogen-bond acceptors (Lipinski definition) is 3. The molecule has 3 aromatic carbocycles. The van der Waals surface area contributed by atoms with Crippen LogP contribution in [0.3, 0.4) is 0 Å². The van der Waals surface area contributed by atoms with Crippen LogP contribution in [0.25, 0.3) is 28.6 Å². The van der Waals surface area contributed by atoms with E-state index >= 15 is 0 Å². The van der Waals surface area contributed by atoms with Crippen LogP contribution in [0.5, 0.6) is 0 Å². The van der Waals surface area contributed by atoms with Gasteiger partial charge in [-0.1, -0.05) is 48.0 Å². The quantitative estimate of drug-likeness (QED) is 0.429. The van der Waals surface area contributed by atoms with Gasteiger partial charge in [0.25, 0.3) is 0 Å². The number of halogens is 1. The lowest BCUT2D eigenvalue weighted by Gasteiger charge is -2.06. The number of nitrogens with one attached hydrogen (secondary N) is 1. The molecule has 4 aromatic rings. The van der Waals surface area contributed by atoms with Crippen molar-refractivity contribution in [2.24, 2.45) is 0 Å². The van der Waals surface area contributed by atoms with Crippen LogP contribution in [-0.4, -0.2) is 10.9 Å². The molecule has 1 heterocycles. The van der Waals surface area contributed by atoms with Gasteiger partial charge in [-0.25, -0.2) is 4.98 Å². The molecule has 0 saturated heterocycles. The van der Waals surface area contributed by atoms with E-state index in [1.807, 2.05) is 67.6 Å². The minimum absolute atomic E-state index is 0.265. The summed E-state index contributed by atoms with van der Waals surface area (Å²) in [5, 5.41) is 3.48. The molecule has 0 spiro atoms. The molecule has 0 fully saturated rings. The van der Waals surface area contributed by atoms with Crippen LogP contribution in [0.4, 0.5) is 5.69 Å². The number of amides is 1.